The maximum atomic E-state index is 13.3. The number of aromatic nitrogens is 2. The summed E-state index contributed by atoms with van der Waals surface area (Å²) >= 11 is 6.02. The minimum atomic E-state index is -1.12. The number of halogens is 2. The monoisotopic (exact) mass is 464 g/mol. The predicted molar refractivity (Wildman–Crippen MR) is 126 cm³/mol. The first kappa shape index (κ1) is 22.5. The van der Waals surface area contributed by atoms with Gasteiger partial charge in [0.1, 0.15) is 17.2 Å². The number of benzene rings is 3. The van der Waals surface area contributed by atoms with Crippen LogP contribution in [0.15, 0.2) is 79.0 Å². The van der Waals surface area contributed by atoms with Crippen LogP contribution < -0.4 is 5.73 Å². The molecule has 168 valence electrons. The number of carbonyl (C=O) groups is 1. The Labute approximate surface area is 195 Å². The molecule has 0 unspecified atom stereocenters. The van der Waals surface area contributed by atoms with Gasteiger partial charge in [-0.15, -0.1) is 0 Å². The Hall–Kier alpha value is -3.68. The van der Waals surface area contributed by atoms with E-state index in [1.165, 1.54) is 23.0 Å². The first-order chi connectivity index (χ1) is 15.9. The van der Waals surface area contributed by atoms with Gasteiger partial charge in [0.05, 0.1) is 11.9 Å². The molecule has 0 atom stereocenters. The average Bonchev–Trinajstić information content (AvgIpc) is 3.19. The van der Waals surface area contributed by atoms with Crippen molar-refractivity contribution in [1.82, 2.24) is 14.7 Å². The summed E-state index contributed by atoms with van der Waals surface area (Å²) in [5.41, 5.74) is 9.74. The van der Waals surface area contributed by atoms with Gasteiger partial charge in [-0.25, -0.2) is 13.9 Å². The molecule has 0 spiro atoms. The molecule has 0 amide bonds. The Kier molecular flexibility index (Phi) is 6.72. The van der Waals surface area contributed by atoms with E-state index in [0.717, 1.165) is 16.7 Å². The fraction of sp³-hybridized carbons (Fsp3) is 0.120. The third kappa shape index (κ3) is 5.58. The topological polar surface area (TPSA) is 84.4 Å². The molecule has 3 aromatic carbocycles. The Morgan fingerprint density at radius 2 is 1.39 bits per heavy atom. The minimum absolute atomic E-state index is 0.0347. The standard InChI is InChI=1S/C25H22ClFN4O2/c26-20-7-1-17(2-8-20)14-30(15-18-3-9-21(27)10-4-18)16-19-5-11-22(12-6-19)31-24(28)23(13-29-31)25(32)33/h1-13H,14-16,28H2,(H,32,33). The summed E-state index contributed by atoms with van der Waals surface area (Å²) < 4.78 is 14.7. The molecule has 4 aromatic rings. The lowest BCUT2D eigenvalue weighted by Gasteiger charge is -2.23. The SMILES string of the molecule is Nc1c(C(=O)O)cnn1-c1ccc(CN(Cc2ccc(F)cc2)Cc2ccc(Cl)cc2)cc1. The fourth-order valence-electron chi connectivity index (χ4n) is 3.59. The van der Waals surface area contributed by atoms with E-state index in [-0.39, 0.29) is 17.2 Å². The second kappa shape index (κ2) is 9.85. The molecule has 0 radical (unpaired) electrons. The van der Waals surface area contributed by atoms with Gasteiger partial charge in [0.15, 0.2) is 0 Å². The lowest BCUT2D eigenvalue weighted by atomic mass is 10.1. The molecule has 6 nitrogen and oxygen atoms in total. The fourth-order valence-corrected chi connectivity index (χ4v) is 3.72. The molecular formula is C25H22ClFN4O2. The smallest absolute Gasteiger partial charge is 0.341 e. The zero-order valence-electron chi connectivity index (χ0n) is 17.7. The van der Waals surface area contributed by atoms with Crippen molar-refractivity contribution >= 4 is 23.4 Å². The van der Waals surface area contributed by atoms with Crippen LogP contribution in [0.5, 0.6) is 0 Å². The lowest BCUT2D eigenvalue weighted by molar-refractivity contribution is 0.0698. The Balaban J connectivity index is 1.53. The Morgan fingerprint density at radius 3 is 1.88 bits per heavy atom. The maximum Gasteiger partial charge on any atom is 0.341 e. The minimum Gasteiger partial charge on any atom is -0.477 e. The number of carboxylic acid groups (broad SMARTS) is 1. The predicted octanol–water partition coefficient (Wildman–Crippen LogP) is 5.15. The van der Waals surface area contributed by atoms with Crippen molar-refractivity contribution in [3.63, 3.8) is 0 Å². The van der Waals surface area contributed by atoms with E-state index in [1.54, 1.807) is 12.1 Å². The quantitative estimate of drug-likeness (QED) is 0.377. The van der Waals surface area contributed by atoms with Crippen LogP contribution in [0.2, 0.25) is 5.02 Å². The molecular weight excluding hydrogens is 443 g/mol. The molecule has 4 rings (SSSR count). The highest BCUT2D eigenvalue weighted by molar-refractivity contribution is 6.30. The third-order valence-electron chi connectivity index (χ3n) is 5.26. The Morgan fingerprint density at radius 1 is 0.909 bits per heavy atom. The van der Waals surface area contributed by atoms with Gasteiger partial charge >= 0.3 is 5.97 Å². The van der Waals surface area contributed by atoms with Crippen molar-refractivity contribution in [3.05, 3.63) is 112 Å². The van der Waals surface area contributed by atoms with Gasteiger partial charge in [-0.1, -0.05) is 48.0 Å². The first-order valence-corrected chi connectivity index (χ1v) is 10.6. The van der Waals surface area contributed by atoms with Crippen molar-refractivity contribution in [2.45, 2.75) is 19.6 Å². The number of nitrogen functional groups attached to an aromatic ring is 1. The molecule has 0 aliphatic carbocycles. The summed E-state index contributed by atoms with van der Waals surface area (Å²) in [7, 11) is 0. The van der Waals surface area contributed by atoms with E-state index >= 15 is 0 Å². The van der Waals surface area contributed by atoms with E-state index in [4.69, 9.17) is 17.3 Å². The summed E-state index contributed by atoms with van der Waals surface area (Å²) in [6, 6.07) is 21.8. The lowest BCUT2D eigenvalue weighted by Crippen LogP contribution is -2.22. The van der Waals surface area contributed by atoms with Gasteiger partial charge in [-0.3, -0.25) is 4.90 Å². The number of nitrogens with zero attached hydrogens (tertiary/aromatic N) is 3. The van der Waals surface area contributed by atoms with Gasteiger partial charge in [0.2, 0.25) is 0 Å². The molecule has 0 aliphatic heterocycles. The number of aromatic carboxylic acids is 1. The van der Waals surface area contributed by atoms with E-state index in [2.05, 4.69) is 10.00 Å². The Bertz CT molecular complexity index is 1190. The summed E-state index contributed by atoms with van der Waals surface area (Å²) in [4.78, 5) is 13.5. The highest BCUT2D eigenvalue weighted by Crippen LogP contribution is 2.20. The van der Waals surface area contributed by atoms with Gasteiger partial charge < -0.3 is 10.8 Å². The van der Waals surface area contributed by atoms with Gasteiger partial charge in [0.25, 0.3) is 0 Å². The van der Waals surface area contributed by atoms with Crippen molar-refractivity contribution < 1.29 is 14.3 Å². The van der Waals surface area contributed by atoms with Crippen LogP contribution in [0.4, 0.5) is 10.2 Å². The second-order valence-corrected chi connectivity index (χ2v) is 8.16. The number of nitrogens with two attached hydrogens (primary N) is 1. The largest absolute Gasteiger partial charge is 0.477 e. The number of rotatable bonds is 8. The molecule has 1 aromatic heterocycles. The van der Waals surface area contributed by atoms with Crippen LogP contribution in [0.25, 0.3) is 5.69 Å². The highest BCUT2D eigenvalue weighted by Gasteiger charge is 2.15. The molecule has 8 heteroatoms. The second-order valence-electron chi connectivity index (χ2n) is 7.72. The van der Waals surface area contributed by atoms with Crippen LogP contribution >= 0.6 is 11.6 Å². The number of carboxylic acids is 1. The van der Waals surface area contributed by atoms with Crippen molar-refractivity contribution in [2.24, 2.45) is 0 Å². The van der Waals surface area contributed by atoms with E-state index in [9.17, 15) is 14.3 Å². The summed E-state index contributed by atoms with van der Waals surface area (Å²) in [5, 5.41) is 13.9. The molecule has 33 heavy (non-hydrogen) atoms. The number of hydrogen-bond donors (Lipinski definition) is 2. The molecule has 3 N–H and O–H groups in total. The van der Waals surface area contributed by atoms with Crippen molar-refractivity contribution in [1.29, 1.82) is 0 Å². The molecule has 0 fully saturated rings. The van der Waals surface area contributed by atoms with Gasteiger partial charge in [-0.05, 0) is 53.1 Å². The number of hydrogen-bond acceptors (Lipinski definition) is 4. The zero-order chi connectivity index (χ0) is 23.4. The normalized spacial score (nSPS) is 11.1. The van der Waals surface area contributed by atoms with Gasteiger partial charge in [0, 0.05) is 24.7 Å². The summed E-state index contributed by atoms with van der Waals surface area (Å²) in [5.74, 6) is -1.30. The average molecular weight is 465 g/mol. The van der Waals surface area contributed by atoms with E-state index < -0.39 is 5.97 Å². The highest BCUT2D eigenvalue weighted by atomic mass is 35.5. The molecule has 0 saturated heterocycles. The van der Waals surface area contributed by atoms with Crippen molar-refractivity contribution in [3.8, 4) is 5.69 Å². The van der Waals surface area contributed by atoms with Crippen LogP contribution in [0, 0.1) is 5.82 Å². The molecule has 0 aliphatic rings. The van der Waals surface area contributed by atoms with Crippen molar-refractivity contribution in [2.75, 3.05) is 5.73 Å². The first-order valence-electron chi connectivity index (χ1n) is 10.3. The van der Waals surface area contributed by atoms with Crippen LogP contribution in [0.1, 0.15) is 27.0 Å². The molecule has 1 heterocycles. The van der Waals surface area contributed by atoms with E-state index in [1.807, 2.05) is 48.5 Å². The van der Waals surface area contributed by atoms with Crippen LogP contribution in [-0.2, 0) is 19.6 Å². The van der Waals surface area contributed by atoms with Gasteiger partial charge in [-0.2, -0.15) is 5.10 Å². The third-order valence-corrected chi connectivity index (χ3v) is 5.51. The molecule has 0 bridgehead atoms. The summed E-state index contributed by atoms with van der Waals surface area (Å²) in [6.45, 7) is 1.97. The van der Waals surface area contributed by atoms with E-state index in [0.29, 0.717) is 30.3 Å². The zero-order valence-corrected chi connectivity index (χ0v) is 18.4. The molecule has 0 saturated carbocycles. The number of anilines is 1. The summed E-state index contributed by atoms with van der Waals surface area (Å²) in [6.07, 6.45) is 1.24. The van der Waals surface area contributed by atoms with Crippen LogP contribution in [-0.4, -0.2) is 25.8 Å². The van der Waals surface area contributed by atoms with Crippen LogP contribution in [0.3, 0.4) is 0 Å². The maximum absolute atomic E-state index is 13.3.